The van der Waals surface area contributed by atoms with Crippen LogP contribution in [0.5, 0.6) is 0 Å². The molecule has 0 spiro atoms. The van der Waals surface area contributed by atoms with Gasteiger partial charge in [-0.25, -0.2) is 0 Å². The highest BCUT2D eigenvalue weighted by molar-refractivity contribution is 7.86. The largest absolute Gasteiger partial charge is 0.291 e. The predicted molar refractivity (Wildman–Crippen MR) is 60.9 cm³/mol. The third kappa shape index (κ3) is 4.34. The molecule has 1 rings (SSSR count). The quantitative estimate of drug-likeness (QED) is 0.575. The van der Waals surface area contributed by atoms with Crippen LogP contribution in [-0.4, -0.2) is 27.1 Å². The maximum Gasteiger partial charge on any atom is 0.264 e. The molecular weight excluding hydrogens is 242 g/mol. The number of carbonyl (C=O) groups is 1. The third-order valence-corrected chi connectivity index (χ3v) is 2.54. The first-order chi connectivity index (χ1) is 7.94. The highest BCUT2D eigenvalue weighted by Crippen LogP contribution is 2.10. The molecule has 0 saturated heterocycles. The average Bonchev–Trinajstić information content (AvgIpc) is 2.26. The van der Waals surface area contributed by atoms with Crippen LogP contribution in [0.1, 0.15) is 15.9 Å². The SMILES string of the molecule is CS(=O)(=O)OCC(=O)c1ccccc1CC#N. The molecule has 0 radical (unpaired) electrons. The van der Waals surface area contributed by atoms with Gasteiger partial charge in [0.15, 0.2) is 5.78 Å². The van der Waals surface area contributed by atoms with Crippen molar-refractivity contribution in [2.75, 3.05) is 12.9 Å². The maximum atomic E-state index is 11.7. The Labute approximate surface area is 99.8 Å². The van der Waals surface area contributed by atoms with Crippen LogP contribution < -0.4 is 0 Å². The molecule has 5 nitrogen and oxygen atoms in total. The zero-order valence-electron chi connectivity index (χ0n) is 9.21. The molecule has 1 aromatic rings. The number of nitrogens with zero attached hydrogens (tertiary/aromatic N) is 1. The van der Waals surface area contributed by atoms with Crippen molar-refractivity contribution < 1.29 is 17.4 Å². The van der Waals surface area contributed by atoms with Gasteiger partial charge in [-0.2, -0.15) is 13.7 Å². The fraction of sp³-hybridized carbons (Fsp3) is 0.273. The number of nitriles is 1. The summed E-state index contributed by atoms with van der Waals surface area (Å²) in [5, 5.41) is 8.60. The van der Waals surface area contributed by atoms with Crippen LogP contribution in [0.25, 0.3) is 0 Å². The fourth-order valence-electron chi connectivity index (χ4n) is 1.27. The zero-order valence-corrected chi connectivity index (χ0v) is 10.0. The average molecular weight is 253 g/mol. The second-order valence-electron chi connectivity index (χ2n) is 3.38. The highest BCUT2D eigenvalue weighted by Gasteiger charge is 2.13. The Morgan fingerprint density at radius 2 is 2.06 bits per heavy atom. The van der Waals surface area contributed by atoms with Crippen molar-refractivity contribution in [1.82, 2.24) is 0 Å². The Morgan fingerprint density at radius 3 is 2.65 bits per heavy atom. The molecule has 0 saturated carbocycles. The summed E-state index contributed by atoms with van der Waals surface area (Å²) in [6, 6.07) is 8.49. The minimum absolute atomic E-state index is 0.0980. The van der Waals surface area contributed by atoms with E-state index in [1.165, 1.54) is 0 Å². The van der Waals surface area contributed by atoms with E-state index in [0.717, 1.165) is 6.26 Å². The number of rotatable bonds is 5. The Balaban J connectivity index is 2.86. The minimum Gasteiger partial charge on any atom is -0.291 e. The summed E-state index contributed by atoms with van der Waals surface area (Å²) in [5.74, 6) is -0.457. The Hall–Kier alpha value is -1.71. The van der Waals surface area contributed by atoms with Gasteiger partial charge in [-0.15, -0.1) is 0 Å². The van der Waals surface area contributed by atoms with E-state index in [4.69, 9.17) is 5.26 Å². The maximum absolute atomic E-state index is 11.7. The summed E-state index contributed by atoms with van der Waals surface area (Å²) in [6.45, 7) is -0.540. The molecule has 0 unspecified atom stereocenters. The van der Waals surface area contributed by atoms with E-state index in [1.54, 1.807) is 24.3 Å². The van der Waals surface area contributed by atoms with E-state index in [2.05, 4.69) is 4.18 Å². The molecule has 1 aromatic carbocycles. The highest BCUT2D eigenvalue weighted by atomic mass is 32.2. The zero-order chi connectivity index (χ0) is 12.9. The molecule has 6 heteroatoms. The van der Waals surface area contributed by atoms with E-state index < -0.39 is 22.5 Å². The van der Waals surface area contributed by atoms with E-state index in [1.807, 2.05) is 6.07 Å². The van der Waals surface area contributed by atoms with Gasteiger partial charge in [-0.3, -0.25) is 8.98 Å². The van der Waals surface area contributed by atoms with Crippen LogP contribution in [0.3, 0.4) is 0 Å². The first kappa shape index (κ1) is 13.4. The second kappa shape index (κ2) is 5.57. The smallest absolute Gasteiger partial charge is 0.264 e. The van der Waals surface area contributed by atoms with Gasteiger partial charge in [-0.05, 0) is 5.56 Å². The van der Waals surface area contributed by atoms with Crippen molar-refractivity contribution >= 4 is 15.9 Å². The summed E-state index contributed by atoms with van der Waals surface area (Å²) in [4.78, 5) is 11.7. The molecule has 17 heavy (non-hydrogen) atoms. The number of benzene rings is 1. The normalized spacial score (nSPS) is 10.8. The summed E-state index contributed by atoms with van der Waals surface area (Å²) in [5.41, 5.74) is 0.884. The van der Waals surface area contributed by atoms with Gasteiger partial charge in [0, 0.05) is 5.56 Å². The summed E-state index contributed by atoms with van der Waals surface area (Å²) < 4.78 is 25.9. The Morgan fingerprint density at radius 1 is 1.41 bits per heavy atom. The number of ketones is 1. The molecule has 0 aliphatic carbocycles. The lowest BCUT2D eigenvalue weighted by Crippen LogP contribution is -2.14. The van der Waals surface area contributed by atoms with E-state index in [-0.39, 0.29) is 6.42 Å². The molecule has 0 N–H and O–H groups in total. The van der Waals surface area contributed by atoms with Gasteiger partial charge in [0.1, 0.15) is 6.61 Å². The van der Waals surface area contributed by atoms with E-state index >= 15 is 0 Å². The lowest BCUT2D eigenvalue weighted by atomic mass is 10.0. The van der Waals surface area contributed by atoms with E-state index in [9.17, 15) is 13.2 Å². The third-order valence-electron chi connectivity index (χ3n) is 1.99. The standard InChI is InChI=1S/C11H11NO4S/c1-17(14,15)16-8-11(13)10-5-3-2-4-9(10)6-7-12/h2-5H,6,8H2,1H3. The van der Waals surface area contributed by atoms with E-state index in [0.29, 0.717) is 11.1 Å². The summed E-state index contributed by atoms with van der Waals surface area (Å²) >= 11 is 0. The van der Waals surface area contributed by atoms with Crippen LogP contribution in [0.2, 0.25) is 0 Å². The van der Waals surface area contributed by atoms with Gasteiger partial charge in [0.25, 0.3) is 10.1 Å². The Bertz CT molecular complexity index is 557. The fourth-order valence-corrected chi connectivity index (χ4v) is 1.59. The molecule has 90 valence electrons. The van der Waals surface area contributed by atoms with Crippen LogP contribution >= 0.6 is 0 Å². The first-order valence-corrected chi connectivity index (χ1v) is 6.58. The molecular formula is C11H11NO4S. The molecule has 0 aromatic heterocycles. The number of carbonyl (C=O) groups excluding carboxylic acids is 1. The molecule has 0 fully saturated rings. The number of hydrogen-bond acceptors (Lipinski definition) is 5. The van der Waals surface area contributed by atoms with Crippen molar-refractivity contribution in [2.24, 2.45) is 0 Å². The lowest BCUT2D eigenvalue weighted by molar-refractivity contribution is 0.0924. The molecule has 0 aliphatic heterocycles. The van der Waals surface area contributed by atoms with Gasteiger partial charge >= 0.3 is 0 Å². The number of hydrogen-bond donors (Lipinski definition) is 0. The van der Waals surface area contributed by atoms with Gasteiger partial charge in [-0.1, -0.05) is 24.3 Å². The predicted octanol–water partition coefficient (Wildman–Crippen LogP) is 0.912. The van der Waals surface area contributed by atoms with Crippen LogP contribution in [0.4, 0.5) is 0 Å². The summed E-state index contributed by atoms with van der Waals surface area (Å²) in [6.07, 6.45) is 0.974. The van der Waals surface area contributed by atoms with Crippen molar-refractivity contribution in [3.05, 3.63) is 35.4 Å². The molecule has 0 heterocycles. The topological polar surface area (TPSA) is 84.2 Å². The molecule has 0 aliphatic rings. The molecule has 0 amide bonds. The monoisotopic (exact) mass is 253 g/mol. The van der Waals surface area contributed by atoms with Crippen molar-refractivity contribution in [2.45, 2.75) is 6.42 Å². The number of Topliss-reactive ketones (excluding diaryl/α,β-unsaturated/α-hetero) is 1. The van der Waals surface area contributed by atoms with Gasteiger partial charge in [0.05, 0.1) is 18.7 Å². The van der Waals surface area contributed by atoms with Crippen molar-refractivity contribution in [3.63, 3.8) is 0 Å². The van der Waals surface area contributed by atoms with Crippen LogP contribution in [0.15, 0.2) is 24.3 Å². The lowest BCUT2D eigenvalue weighted by Gasteiger charge is -2.05. The molecule has 0 atom stereocenters. The second-order valence-corrected chi connectivity index (χ2v) is 5.03. The van der Waals surface area contributed by atoms with Gasteiger partial charge < -0.3 is 0 Å². The minimum atomic E-state index is -3.64. The van der Waals surface area contributed by atoms with Crippen molar-refractivity contribution in [1.29, 1.82) is 5.26 Å². The van der Waals surface area contributed by atoms with Crippen LogP contribution in [0, 0.1) is 11.3 Å². The van der Waals surface area contributed by atoms with Crippen molar-refractivity contribution in [3.8, 4) is 6.07 Å². The summed E-state index contributed by atoms with van der Waals surface area (Å²) in [7, 11) is -3.64. The van der Waals surface area contributed by atoms with Crippen LogP contribution in [-0.2, 0) is 20.7 Å². The van der Waals surface area contributed by atoms with Gasteiger partial charge in [0.2, 0.25) is 0 Å². The molecule has 0 bridgehead atoms. The Kier molecular flexibility index (Phi) is 4.37. The first-order valence-electron chi connectivity index (χ1n) is 4.76.